The number of nitrogens with two attached hydrogens (primary N) is 1. The van der Waals surface area contributed by atoms with Crippen LogP contribution < -0.4 is 16.1 Å². The Hall–Kier alpha value is -1.89. The van der Waals surface area contributed by atoms with Crippen molar-refractivity contribution in [3.63, 3.8) is 0 Å². The van der Waals surface area contributed by atoms with Gasteiger partial charge in [-0.05, 0) is 0 Å². The van der Waals surface area contributed by atoms with Crippen LogP contribution >= 0.6 is 0 Å². The van der Waals surface area contributed by atoms with Gasteiger partial charge in [0, 0.05) is 0 Å². The van der Waals surface area contributed by atoms with Gasteiger partial charge in [-0.25, -0.2) is 9.97 Å². The first-order chi connectivity index (χ1) is 6.20. The summed E-state index contributed by atoms with van der Waals surface area (Å²) in [6.07, 6.45) is 1.14. The number of anilines is 2. The van der Waals surface area contributed by atoms with E-state index in [4.69, 9.17) is 5.73 Å². The Morgan fingerprint density at radius 1 is 1.69 bits per heavy atom. The van der Waals surface area contributed by atoms with E-state index in [1.807, 2.05) is 0 Å². The molecule has 1 aromatic rings. The maximum atomic E-state index is 11.1. The number of hydrogen-bond acceptors (Lipinski definition) is 6. The fraction of sp³-hybridized carbons (Fsp3) is 0.167. The number of nitrogens with one attached hydrogen (secondary N) is 1. The Balaban J connectivity index is 2.57. The van der Waals surface area contributed by atoms with E-state index in [0.717, 1.165) is 6.33 Å². The van der Waals surface area contributed by atoms with Gasteiger partial charge in [0.1, 0.15) is 17.8 Å². The molecule has 0 atom stereocenters. The van der Waals surface area contributed by atoms with Gasteiger partial charge >= 0.3 is 0 Å². The number of nitrogens with zero attached hydrogens (tertiary/aromatic N) is 3. The van der Waals surface area contributed by atoms with Crippen LogP contribution in [0.2, 0.25) is 0 Å². The lowest BCUT2D eigenvalue weighted by Crippen LogP contribution is -2.15. The van der Waals surface area contributed by atoms with E-state index >= 15 is 0 Å². The van der Waals surface area contributed by atoms with Crippen molar-refractivity contribution in [1.29, 1.82) is 0 Å². The highest BCUT2D eigenvalue weighted by Gasteiger charge is 2.20. The molecule has 7 nitrogen and oxygen atoms in total. The van der Waals surface area contributed by atoms with Crippen LogP contribution in [0.15, 0.2) is 6.33 Å². The van der Waals surface area contributed by atoms with Crippen molar-refractivity contribution in [3.8, 4) is 0 Å². The van der Waals surface area contributed by atoms with Gasteiger partial charge in [0.05, 0.1) is 6.67 Å². The van der Waals surface area contributed by atoms with E-state index in [1.54, 1.807) is 0 Å². The molecule has 0 aliphatic carbocycles. The van der Waals surface area contributed by atoms with Gasteiger partial charge in [-0.15, -0.1) is 0 Å². The first kappa shape index (κ1) is 7.74. The summed E-state index contributed by atoms with van der Waals surface area (Å²) >= 11 is 0. The van der Waals surface area contributed by atoms with E-state index < -0.39 is 5.91 Å². The minimum Gasteiger partial charge on any atom is -0.756 e. The summed E-state index contributed by atoms with van der Waals surface area (Å²) in [5.74, 6) is -0.523. The molecular weight excluding hydrogens is 174 g/mol. The summed E-state index contributed by atoms with van der Waals surface area (Å²) in [5.41, 5.74) is 5.40. The Morgan fingerprint density at radius 2 is 2.46 bits per heavy atom. The molecule has 1 aromatic heterocycles. The first-order valence-electron chi connectivity index (χ1n) is 3.53. The van der Waals surface area contributed by atoms with Crippen LogP contribution in [-0.2, 0) is 0 Å². The number of rotatable bonds is 1. The summed E-state index contributed by atoms with van der Waals surface area (Å²) in [5, 5.41) is 14.4. The van der Waals surface area contributed by atoms with Crippen molar-refractivity contribution < 1.29 is 4.79 Å². The standard InChI is InChI=1S/C6H6N5O2/c7-5(12)3-4-6(9-1-8-3)11(13)2-10-4/h1,10H,2H2,(H2,7,12)/q-1. The van der Waals surface area contributed by atoms with Gasteiger partial charge in [-0.1, -0.05) is 0 Å². The number of amides is 1. The van der Waals surface area contributed by atoms with Gasteiger partial charge in [0.2, 0.25) is 0 Å². The lowest BCUT2D eigenvalue weighted by atomic mass is 10.3. The molecule has 1 aliphatic rings. The minimum atomic E-state index is -0.679. The summed E-state index contributed by atoms with van der Waals surface area (Å²) < 4.78 is 0. The van der Waals surface area contributed by atoms with Crippen LogP contribution in [0.1, 0.15) is 10.5 Å². The number of carbonyl (C=O) groups excluding carboxylic acids is 1. The number of carbonyl (C=O) groups is 1. The van der Waals surface area contributed by atoms with Crippen LogP contribution in [0.4, 0.5) is 11.5 Å². The molecule has 3 N–H and O–H groups in total. The molecule has 0 radical (unpaired) electrons. The van der Waals surface area contributed by atoms with Crippen molar-refractivity contribution in [2.45, 2.75) is 0 Å². The molecule has 1 amide bonds. The average molecular weight is 180 g/mol. The van der Waals surface area contributed by atoms with Gasteiger partial charge in [0.15, 0.2) is 5.69 Å². The molecule has 13 heavy (non-hydrogen) atoms. The van der Waals surface area contributed by atoms with E-state index in [2.05, 4.69) is 15.3 Å². The molecule has 2 rings (SSSR count). The molecule has 0 saturated heterocycles. The molecule has 0 aromatic carbocycles. The highest BCUT2D eigenvalue weighted by Crippen LogP contribution is 2.29. The zero-order chi connectivity index (χ0) is 9.42. The largest absolute Gasteiger partial charge is 0.756 e. The lowest BCUT2D eigenvalue weighted by molar-refractivity contribution is 0.0996. The molecule has 0 spiro atoms. The monoisotopic (exact) mass is 180 g/mol. The average Bonchev–Trinajstić information content (AvgIpc) is 2.48. The third kappa shape index (κ3) is 1.05. The second-order valence-corrected chi connectivity index (χ2v) is 2.50. The molecule has 0 fully saturated rings. The number of fused-ring (bicyclic) bond motifs is 1. The highest BCUT2D eigenvalue weighted by atomic mass is 16.5. The van der Waals surface area contributed by atoms with Crippen molar-refractivity contribution in [1.82, 2.24) is 9.97 Å². The van der Waals surface area contributed by atoms with Crippen molar-refractivity contribution in [2.24, 2.45) is 5.73 Å². The minimum absolute atomic E-state index is 0.0448. The number of hydrogen-bond donors (Lipinski definition) is 2. The lowest BCUT2D eigenvalue weighted by Gasteiger charge is -2.21. The van der Waals surface area contributed by atoms with Crippen LogP contribution in [-0.4, -0.2) is 22.5 Å². The fourth-order valence-electron chi connectivity index (χ4n) is 1.14. The zero-order valence-corrected chi connectivity index (χ0v) is 6.52. The van der Waals surface area contributed by atoms with Crippen molar-refractivity contribution >= 4 is 17.4 Å². The van der Waals surface area contributed by atoms with E-state index in [-0.39, 0.29) is 18.2 Å². The highest BCUT2D eigenvalue weighted by molar-refractivity contribution is 5.99. The molecule has 0 unspecified atom stereocenters. The summed E-state index contributed by atoms with van der Waals surface area (Å²) in [4.78, 5) is 18.2. The Bertz CT molecular complexity index is 366. The predicted molar refractivity (Wildman–Crippen MR) is 44.9 cm³/mol. The topological polar surface area (TPSA) is 107 Å². The normalized spacial score (nSPS) is 13.8. The van der Waals surface area contributed by atoms with E-state index in [1.165, 1.54) is 0 Å². The summed E-state index contributed by atoms with van der Waals surface area (Å²) in [6.45, 7) is 0.0638. The van der Waals surface area contributed by atoms with Gasteiger partial charge in [-0.2, -0.15) is 0 Å². The smallest absolute Gasteiger partial charge is 0.269 e. The Morgan fingerprint density at radius 3 is 3.15 bits per heavy atom. The Kier molecular flexibility index (Phi) is 1.52. The number of aromatic nitrogens is 2. The Labute approximate surface area is 73.2 Å². The molecule has 7 heteroatoms. The van der Waals surface area contributed by atoms with Gasteiger partial charge in [-0.3, -0.25) is 4.79 Å². The van der Waals surface area contributed by atoms with E-state index in [9.17, 15) is 10.0 Å². The SMILES string of the molecule is NC(=O)c1ncnc2c1NCN2[O-]. The van der Waals surface area contributed by atoms with Crippen LogP contribution in [0, 0.1) is 5.21 Å². The fourth-order valence-corrected chi connectivity index (χ4v) is 1.14. The van der Waals surface area contributed by atoms with Crippen LogP contribution in [0.25, 0.3) is 0 Å². The third-order valence-corrected chi connectivity index (χ3v) is 1.70. The maximum absolute atomic E-state index is 11.1. The summed E-state index contributed by atoms with van der Waals surface area (Å²) in [7, 11) is 0. The number of hydroxylamine groups is 1. The van der Waals surface area contributed by atoms with Gasteiger partial charge in [0.25, 0.3) is 5.91 Å². The molecular formula is C6H6N5O2-. The van der Waals surface area contributed by atoms with Crippen molar-refractivity contribution in [2.75, 3.05) is 17.0 Å². The zero-order valence-electron chi connectivity index (χ0n) is 6.52. The molecule has 2 heterocycles. The summed E-state index contributed by atoms with van der Waals surface area (Å²) in [6, 6.07) is 0. The maximum Gasteiger partial charge on any atom is 0.269 e. The molecule has 1 aliphatic heterocycles. The van der Waals surface area contributed by atoms with E-state index in [0.29, 0.717) is 10.8 Å². The van der Waals surface area contributed by atoms with Crippen LogP contribution in [0.5, 0.6) is 0 Å². The second-order valence-electron chi connectivity index (χ2n) is 2.50. The number of primary amides is 1. The molecule has 0 bridgehead atoms. The molecule has 0 saturated carbocycles. The quantitative estimate of drug-likeness (QED) is 0.589. The molecule has 68 valence electrons. The second kappa shape index (κ2) is 2.56. The van der Waals surface area contributed by atoms with Crippen LogP contribution in [0.3, 0.4) is 0 Å². The van der Waals surface area contributed by atoms with Gasteiger partial charge < -0.3 is 21.3 Å². The predicted octanol–water partition coefficient (Wildman–Crippen LogP) is -0.737. The third-order valence-electron chi connectivity index (χ3n) is 1.70. The first-order valence-corrected chi connectivity index (χ1v) is 3.53. The van der Waals surface area contributed by atoms with Crippen molar-refractivity contribution in [3.05, 3.63) is 17.2 Å².